The van der Waals surface area contributed by atoms with Gasteiger partial charge in [0.05, 0.1) is 26.4 Å². The maximum Gasteiger partial charge on any atom is 0.472 e. The van der Waals surface area contributed by atoms with Crippen LogP contribution in [0.3, 0.4) is 0 Å². The third-order valence-electron chi connectivity index (χ3n) is 19.8. The Morgan fingerprint density at radius 1 is 0.262 bits per heavy atom. The molecule has 0 aliphatic heterocycles. The summed E-state index contributed by atoms with van der Waals surface area (Å²) in [5.74, 6) is -1.37. The van der Waals surface area contributed by atoms with Gasteiger partial charge in [-0.15, -0.1) is 0 Å². The van der Waals surface area contributed by atoms with Crippen molar-refractivity contribution in [1.29, 1.82) is 0 Å². The Kier molecular flexibility index (Phi) is 75.4. The Balaban J connectivity index is 5.23. The van der Waals surface area contributed by atoms with Gasteiger partial charge in [-0.3, -0.25) is 37.3 Å². The molecule has 0 bridgehead atoms. The summed E-state index contributed by atoms with van der Waals surface area (Å²) in [6, 6.07) is 0. The lowest BCUT2D eigenvalue weighted by molar-refractivity contribution is -0.161. The summed E-state index contributed by atoms with van der Waals surface area (Å²) in [4.78, 5) is 73.1. The number of ether oxygens (including phenoxy) is 4. The van der Waals surface area contributed by atoms with Gasteiger partial charge in [-0.25, -0.2) is 9.13 Å². The fourth-order valence-corrected chi connectivity index (χ4v) is 14.7. The van der Waals surface area contributed by atoms with Gasteiger partial charge in [-0.2, -0.15) is 0 Å². The van der Waals surface area contributed by atoms with Crippen molar-refractivity contribution < 1.29 is 80.2 Å². The molecule has 0 fully saturated rings. The molecule has 3 N–H and O–H groups in total. The van der Waals surface area contributed by atoms with Crippen LogP contribution in [-0.4, -0.2) is 96.7 Å². The van der Waals surface area contributed by atoms with Crippen molar-refractivity contribution in [3.8, 4) is 0 Å². The number of carbonyl (C=O) groups excluding carboxylic acids is 4. The van der Waals surface area contributed by atoms with Crippen molar-refractivity contribution in [2.45, 2.75) is 470 Å². The van der Waals surface area contributed by atoms with Gasteiger partial charge >= 0.3 is 39.5 Å². The van der Waals surface area contributed by atoms with E-state index in [-0.39, 0.29) is 25.7 Å². The number of aliphatic hydroxyl groups is 1. The molecule has 5 atom stereocenters. The standard InChI is InChI=1S/C84H164O17P2/c1-6-9-12-15-18-21-24-27-29-31-33-35-37-39-41-44-49-54-59-64-69-83(88)100-79(73-95-82(87)68-63-58-53-48-43-40-38-36-34-32-30-28-25-22-19-16-13-10-7-2)75-98-102(90,91)96-71-78(85)72-97-103(92,93)99-76-80(101-84(89)70-65-60-55-50-45-46-51-56-61-66-77(4)5)74-94-81(86)67-62-57-52-47-42-26-23-20-17-14-11-8-3/h77-80,85H,6-76H2,1-5H3,(H,90,91)(H,92,93)/t78-,79-,80-/m1/s1. The largest absolute Gasteiger partial charge is 0.472 e. The zero-order valence-corrected chi connectivity index (χ0v) is 69.3. The van der Waals surface area contributed by atoms with E-state index in [9.17, 15) is 43.2 Å². The number of phosphoric ester groups is 2. The molecule has 0 aromatic heterocycles. The molecular formula is C84H164O17P2. The van der Waals surface area contributed by atoms with Crippen molar-refractivity contribution >= 4 is 39.5 Å². The molecule has 0 rings (SSSR count). The van der Waals surface area contributed by atoms with Crippen molar-refractivity contribution in [1.82, 2.24) is 0 Å². The molecule has 0 saturated carbocycles. The van der Waals surface area contributed by atoms with Gasteiger partial charge < -0.3 is 33.8 Å². The third-order valence-corrected chi connectivity index (χ3v) is 21.7. The summed E-state index contributed by atoms with van der Waals surface area (Å²) in [5, 5.41) is 10.7. The van der Waals surface area contributed by atoms with Gasteiger partial charge in [0.25, 0.3) is 0 Å². The van der Waals surface area contributed by atoms with E-state index in [1.807, 2.05) is 0 Å². The highest BCUT2D eigenvalue weighted by molar-refractivity contribution is 7.47. The van der Waals surface area contributed by atoms with Crippen LogP contribution in [-0.2, 0) is 65.4 Å². The number of carbonyl (C=O) groups is 4. The SMILES string of the molecule is CCCCCCCCCCCCCCCCCCCCCCC(=O)O[C@H](COC(=O)CCCCCCCCCCCCCCCCCCCCC)COP(=O)(O)OC[C@@H](O)COP(=O)(O)OC[C@@H](COC(=O)CCCCCCCCCCCCCC)OC(=O)CCCCCCCCCCCC(C)C. The average Bonchev–Trinajstić information content (AvgIpc) is 0.926. The van der Waals surface area contributed by atoms with Gasteiger partial charge in [0.1, 0.15) is 19.3 Å². The van der Waals surface area contributed by atoms with Crippen molar-refractivity contribution in [3.05, 3.63) is 0 Å². The molecule has 612 valence electrons. The van der Waals surface area contributed by atoms with E-state index in [1.165, 1.54) is 276 Å². The van der Waals surface area contributed by atoms with E-state index in [4.69, 9.17) is 37.0 Å². The van der Waals surface area contributed by atoms with Gasteiger partial charge in [-0.05, 0) is 31.6 Å². The number of unbranched alkanes of at least 4 members (excludes halogenated alkanes) is 56. The van der Waals surface area contributed by atoms with Crippen LogP contribution in [0.25, 0.3) is 0 Å². The Labute approximate surface area is 632 Å². The quantitative estimate of drug-likeness (QED) is 0.0222. The lowest BCUT2D eigenvalue weighted by atomic mass is 10.0. The lowest BCUT2D eigenvalue weighted by Crippen LogP contribution is -2.30. The highest BCUT2D eigenvalue weighted by atomic mass is 31.2. The molecule has 0 aliphatic carbocycles. The van der Waals surface area contributed by atoms with E-state index in [0.29, 0.717) is 25.7 Å². The van der Waals surface area contributed by atoms with Crippen molar-refractivity contribution in [2.75, 3.05) is 39.6 Å². The van der Waals surface area contributed by atoms with Crippen LogP contribution in [0, 0.1) is 5.92 Å². The molecule has 0 saturated heterocycles. The zero-order chi connectivity index (χ0) is 75.5. The van der Waals surface area contributed by atoms with Gasteiger partial charge in [-0.1, -0.05) is 401 Å². The molecule has 0 heterocycles. The van der Waals surface area contributed by atoms with Crippen molar-refractivity contribution in [3.63, 3.8) is 0 Å². The summed E-state index contributed by atoms with van der Waals surface area (Å²) in [6.07, 6.45) is 69.5. The van der Waals surface area contributed by atoms with Crippen LogP contribution in [0.5, 0.6) is 0 Å². The fourth-order valence-electron chi connectivity index (χ4n) is 13.1. The normalized spacial score (nSPS) is 13.8. The van der Waals surface area contributed by atoms with Crippen LogP contribution in [0.2, 0.25) is 0 Å². The predicted molar refractivity (Wildman–Crippen MR) is 423 cm³/mol. The summed E-state index contributed by atoms with van der Waals surface area (Å²) in [5.41, 5.74) is 0. The number of rotatable bonds is 84. The zero-order valence-electron chi connectivity index (χ0n) is 67.5. The fraction of sp³-hybridized carbons (Fsp3) is 0.952. The number of aliphatic hydroxyl groups excluding tert-OH is 1. The molecule has 103 heavy (non-hydrogen) atoms. The highest BCUT2D eigenvalue weighted by Crippen LogP contribution is 2.45. The third kappa shape index (κ3) is 78.0. The Morgan fingerprint density at radius 3 is 0.660 bits per heavy atom. The molecule has 0 aromatic carbocycles. The Hall–Kier alpha value is -1.94. The minimum Gasteiger partial charge on any atom is -0.462 e. The summed E-state index contributed by atoms with van der Waals surface area (Å²) >= 11 is 0. The highest BCUT2D eigenvalue weighted by Gasteiger charge is 2.30. The monoisotopic (exact) mass is 1510 g/mol. The molecule has 0 aromatic rings. The van der Waals surface area contributed by atoms with Gasteiger partial charge in [0.2, 0.25) is 0 Å². The first kappa shape index (κ1) is 101. The van der Waals surface area contributed by atoms with Crippen LogP contribution in [0.1, 0.15) is 452 Å². The second kappa shape index (κ2) is 76.8. The molecule has 19 heteroatoms. The van der Waals surface area contributed by atoms with Crippen LogP contribution >= 0.6 is 15.6 Å². The summed E-state index contributed by atoms with van der Waals surface area (Å²) in [6.45, 7) is 7.32. The minimum absolute atomic E-state index is 0.106. The molecule has 0 aliphatic rings. The topological polar surface area (TPSA) is 237 Å². The molecule has 0 amide bonds. The van der Waals surface area contributed by atoms with E-state index < -0.39 is 97.5 Å². The first-order valence-electron chi connectivity index (χ1n) is 43.6. The van der Waals surface area contributed by atoms with E-state index in [0.717, 1.165) is 95.8 Å². The summed E-state index contributed by atoms with van der Waals surface area (Å²) < 4.78 is 68.8. The number of hydrogen-bond acceptors (Lipinski definition) is 15. The maximum atomic E-state index is 13.1. The number of hydrogen-bond donors (Lipinski definition) is 3. The average molecular weight is 1510 g/mol. The van der Waals surface area contributed by atoms with Gasteiger partial charge in [0.15, 0.2) is 12.2 Å². The second-order valence-corrected chi connectivity index (χ2v) is 33.6. The van der Waals surface area contributed by atoms with Gasteiger partial charge in [0, 0.05) is 25.7 Å². The summed E-state index contributed by atoms with van der Waals surface area (Å²) in [7, 11) is -9.92. The van der Waals surface area contributed by atoms with Crippen LogP contribution in [0.4, 0.5) is 0 Å². The molecule has 17 nitrogen and oxygen atoms in total. The first-order valence-corrected chi connectivity index (χ1v) is 46.6. The van der Waals surface area contributed by atoms with Crippen LogP contribution in [0.15, 0.2) is 0 Å². The first-order chi connectivity index (χ1) is 50.0. The molecule has 0 radical (unpaired) electrons. The molecule has 0 spiro atoms. The molecular weight excluding hydrogens is 1340 g/mol. The smallest absolute Gasteiger partial charge is 0.462 e. The lowest BCUT2D eigenvalue weighted by Gasteiger charge is -2.21. The van der Waals surface area contributed by atoms with E-state index in [1.54, 1.807) is 0 Å². The Bertz CT molecular complexity index is 1960. The predicted octanol–water partition coefficient (Wildman–Crippen LogP) is 25.6. The van der Waals surface area contributed by atoms with Crippen molar-refractivity contribution in [2.24, 2.45) is 5.92 Å². The maximum absolute atomic E-state index is 13.1. The number of esters is 4. The number of phosphoric acid groups is 2. The van der Waals surface area contributed by atoms with E-state index in [2.05, 4.69) is 34.6 Å². The van der Waals surface area contributed by atoms with Crippen LogP contribution < -0.4 is 0 Å². The van der Waals surface area contributed by atoms with E-state index >= 15 is 0 Å². The Morgan fingerprint density at radius 2 is 0.447 bits per heavy atom. The molecule has 2 unspecified atom stereocenters. The second-order valence-electron chi connectivity index (χ2n) is 30.7. The minimum atomic E-state index is -4.96.